The minimum Gasteiger partial charge on any atom is -0.490 e. The minimum atomic E-state index is 0.0898. The second-order valence-electron chi connectivity index (χ2n) is 6.91. The molecule has 2 aliphatic rings. The number of nitrogens with zero attached hydrogens (tertiary/aromatic N) is 1. The maximum atomic E-state index is 11.8. The zero-order chi connectivity index (χ0) is 15.8. The molecule has 0 bridgehead atoms. The Labute approximate surface area is 136 Å². The molecule has 120 valence electrons. The van der Waals surface area contributed by atoms with E-state index >= 15 is 0 Å². The molecule has 1 aromatic carbocycles. The lowest BCUT2D eigenvalue weighted by Crippen LogP contribution is -2.18. The molecular formula is C19H22N2O2. The second-order valence-corrected chi connectivity index (χ2v) is 6.91. The summed E-state index contributed by atoms with van der Waals surface area (Å²) in [5.74, 6) is 2.45. The molecule has 4 heteroatoms. The van der Waals surface area contributed by atoms with E-state index in [2.05, 4.69) is 17.2 Å². The Hall–Kier alpha value is -2.10. The number of carbonyl (C=O) groups is 1. The highest BCUT2D eigenvalue weighted by Crippen LogP contribution is 2.32. The molecule has 4 nitrogen and oxygen atoms in total. The fraction of sp³-hybridized carbons (Fsp3) is 0.474. The van der Waals surface area contributed by atoms with E-state index in [1.54, 1.807) is 0 Å². The number of rotatable bonds is 4. The Morgan fingerprint density at radius 2 is 2.04 bits per heavy atom. The lowest BCUT2D eigenvalue weighted by atomic mass is 10.1. The summed E-state index contributed by atoms with van der Waals surface area (Å²) in [6.07, 6.45) is 7.79. The van der Waals surface area contributed by atoms with Crippen molar-refractivity contribution in [2.24, 2.45) is 11.8 Å². The number of fused-ring (bicyclic) bond motifs is 1. The van der Waals surface area contributed by atoms with Crippen molar-refractivity contribution >= 4 is 22.5 Å². The molecule has 0 aliphatic heterocycles. The highest BCUT2D eigenvalue weighted by Gasteiger charge is 2.29. The number of amides is 1. The van der Waals surface area contributed by atoms with Crippen molar-refractivity contribution in [3.63, 3.8) is 0 Å². The zero-order valence-corrected chi connectivity index (χ0v) is 13.4. The Morgan fingerprint density at radius 3 is 2.78 bits per heavy atom. The predicted octanol–water partition coefficient (Wildman–Crippen LogP) is 4.15. The van der Waals surface area contributed by atoms with Gasteiger partial charge in [-0.05, 0) is 61.6 Å². The van der Waals surface area contributed by atoms with Crippen LogP contribution in [0.2, 0.25) is 0 Å². The van der Waals surface area contributed by atoms with Gasteiger partial charge < -0.3 is 10.1 Å². The number of hydrogen-bond donors (Lipinski definition) is 1. The van der Waals surface area contributed by atoms with E-state index in [4.69, 9.17) is 4.74 Å². The molecule has 2 saturated carbocycles. The van der Waals surface area contributed by atoms with Gasteiger partial charge in [0.05, 0.1) is 0 Å². The van der Waals surface area contributed by atoms with Crippen LogP contribution in [0.4, 0.5) is 5.82 Å². The predicted molar refractivity (Wildman–Crippen MR) is 90.5 cm³/mol. The van der Waals surface area contributed by atoms with E-state index in [9.17, 15) is 4.79 Å². The van der Waals surface area contributed by atoms with Gasteiger partial charge in [-0.15, -0.1) is 0 Å². The van der Waals surface area contributed by atoms with Gasteiger partial charge in [0.1, 0.15) is 17.7 Å². The van der Waals surface area contributed by atoms with E-state index < -0.39 is 0 Å². The molecule has 1 aromatic heterocycles. The normalized spacial score (nSPS) is 23.9. The first-order chi connectivity index (χ1) is 11.2. The van der Waals surface area contributed by atoms with E-state index in [-0.39, 0.29) is 11.8 Å². The summed E-state index contributed by atoms with van der Waals surface area (Å²) in [5, 5.41) is 5.00. The molecule has 1 amide bonds. The van der Waals surface area contributed by atoms with Gasteiger partial charge in [0.15, 0.2) is 0 Å². The third kappa shape index (κ3) is 3.16. The number of anilines is 1. The highest BCUT2D eigenvalue weighted by atomic mass is 16.5. The first kappa shape index (κ1) is 14.5. The third-order valence-electron chi connectivity index (χ3n) is 4.96. The summed E-state index contributed by atoms with van der Waals surface area (Å²) in [6.45, 7) is 2.26. The van der Waals surface area contributed by atoms with E-state index in [0.29, 0.717) is 17.8 Å². The Bertz CT molecular complexity index is 739. The molecular weight excluding hydrogens is 288 g/mol. The van der Waals surface area contributed by atoms with Crippen LogP contribution in [0.1, 0.15) is 39.0 Å². The summed E-state index contributed by atoms with van der Waals surface area (Å²) < 4.78 is 6.13. The summed E-state index contributed by atoms with van der Waals surface area (Å²) in [7, 11) is 0. The maximum Gasteiger partial charge on any atom is 0.228 e. The number of aromatic nitrogens is 1. The molecule has 4 rings (SSSR count). The van der Waals surface area contributed by atoms with Gasteiger partial charge in [0.2, 0.25) is 5.91 Å². The van der Waals surface area contributed by atoms with Crippen LogP contribution in [0.25, 0.3) is 10.8 Å². The summed E-state index contributed by atoms with van der Waals surface area (Å²) in [6, 6.07) is 8.02. The van der Waals surface area contributed by atoms with Gasteiger partial charge in [-0.3, -0.25) is 4.79 Å². The third-order valence-corrected chi connectivity index (χ3v) is 4.96. The molecule has 0 radical (unpaired) electrons. The number of ether oxygens (including phenoxy) is 1. The molecule has 0 unspecified atom stereocenters. The van der Waals surface area contributed by atoms with Crippen LogP contribution >= 0.6 is 0 Å². The van der Waals surface area contributed by atoms with Crippen molar-refractivity contribution < 1.29 is 9.53 Å². The standard InChI is InChI=1S/C19H22N2O2/c1-12-3-2-4-17(12)23-16-8-7-14-10-18(20-11-15(14)9-16)21-19(22)13-5-6-13/h7-13,17H,2-6H2,1H3,(H,20,21,22)/t12-,17+/m0/s1. The van der Waals surface area contributed by atoms with Crippen molar-refractivity contribution in [2.75, 3.05) is 5.32 Å². The monoisotopic (exact) mass is 310 g/mol. The van der Waals surface area contributed by atoms with E-state index in [0.717, 1.165) is 35.8 Å². The maximum absolute atomic E-state index is 11.8. The van der Waals surface area contributed by atoms with Crippen LogP contribution in [0, 0.1) is 11.8 Å². The minimum absolute atomic E-state index is 0.0898. The van der Waals surface area contributed by atoms with E-state index in [1.807, 2.05) is 30.5 Å². The van der Waals surface area contributed by atoms with Gasteiger partial charge in [-0.1, -0.05) is 13.0 Å². The average Bonchev–Trinajstić information content (AvgIpc) is 3.32. The number of carbonyl (C=O) groups excluding carboxylic acids is 1. The highest BCUT2D eigenvalue weighted by molar-refractivity contribution is 5.95. The SMILES string of the molecule is C[C@H]1CCC[C@H]1Oc1ccc2cc(NC(=O)C3CC3)ncc2c1. The first-order valence-electron chi connectivity index (χ1n) is 8.56. The lowest BCUT2D eigenvalue weighted by Gasteiger charge is -2.18. The largest absolute Gasteiger partial charge is 0.490 e. The number of nitrogens with one attached hydrogen (secondary N) is 1. The van der Waals surface area contributed by atoms with Crippen molar-refractivity contribution in [1.29, 1.82) is 0 Å². The fourth-order valence-electron chi connectivity index (χ4n) is 3.30. The topological polar surface area (TPSA) is 51.2 Å². The van der Waals surface area contributed by atoms with E-state index in [1.165, 1.54) is 12.8 Å². The Kier molecular flexibility index (Phi) is 3.68. The average molecular weight is 310 g/mol. The number of hydrogen-bond acceptors (Lipinski definition) is 3. The van der Waals surface area contributed by atoms with Crippen molar-refractivity contribution in [3.8, 4) is 5.75 Å². The Balaban J connectivity index is 1.51. The molecule has 0 spiro atoms. The van der Waals surface area contributed by atoms with Crippen molar-refractivity contribution in [3.05, 3.63) is 30.5 Å². The summed E-state index contributed by atoms with van der Waals surface area (Å²) in [4.78, 5) is 16.2. The molecule has 1 heterocycles. The van der Waals surface area contributed by atoms with Crippen LogP contribution in [-0.2, 0) is 4.79 Å². The van der Waals surface area contributed by atoms with Gasteiger partial charge in [0.25, 0.3) is 0 Å². The second kappa shape index (κ2) is 5.84. The van der Waals surface area contributed by atoms with Gasteiger partial charge >= 0.3 is 0 Å². The number of benzene rings is 1. The van der Waals surface area contributed by atoms with Crippen LogP contribution in [0.15, 0.2) is 30.5 Å². The first-order valence-corrected chi connectivity index (χ1v) is 8.56. The van der Waals surface area contributed by atoms with Crippen LogP contribution in [-0.4, -0.2) is 17.0 Å². The van der Waals surface area contributed by atoms with Gasteiger partial charge in [-0.2, -0.15) is 0 Å². The molecule has 2 fully saturated rings. The quantitative estimate of drug-likeness (QED) is 0.923. The lowest BCUT2D eigenvalue weighted by molar-refractivity contribution is -0.117. The van der Waals surface area contributed by atoms with Crippen molar-refractivity contribution in [2.45, 2.75) is 45.1 Å². The molecule has 0 saturated heterocycles. The number of pyridine rings is 1. The molecule has 1 N–H and O–H groups in total. The zero-order valence-electron chi connectivity index (χ0n) is 13.4. The molecule has 2 aromatic rings. The molecule has 23 heavy (non-hydrogen) atoms. The fourth-order valence-corrected chi connectivity index (χ4v) is 3.30. The van der Waals surface area contributed by atoms with Crippen LogP contribution < -0.4 is 10.1 Å². The van der Waals surface area contributed by atoms with Crippen LogP contribution in [0.5, 0.6) is 5.75 Å². The van der Waals surface area contributed by atoms with Gasteiger partial charge in [0, 0.05) is 17.5 Å². The smallest absolute Gasteiger partial charge is 0.228 e. The summed E-state index contributed by atoms with van der Waals surface area (Å²) >= 11 is 0. The van der Waals surface area contributed by atoms with Crippen LogP contribution in [0.3, 0.4) is 0 Å². The molecule has 2 aliphatic carbocycles. The summed E-state index contributed by atoms with van der Waals surface area (Å²) in [5.41, 5.74) is 0. The molecule has 2 atom stereocenters. The van der Waals surface area contributed by atoms with Crippen molar-refractivity contribution in [1.82, 2.24) is 4.98 Å². The Morgan fingerprint density at radius 1 is 1.17 bits per heavy atom. The van der Waals surface area contributed by atoms with Gasteiger partial charge in [-0.25, -0.2) is 4.98 Å².